The standard InChI is InChI=1S/C18H23NS/c1-3-19-18(17-11-8-13(2)20-17)16-10-9-14-6-4-5-7-15(14)12-16/h8-12,18-19H,3-7H2,1-2H3. The zero-order chi connectivity index (χ0) is 13.9. The molecule has 0 aliphatic heterocycles. The third kappa shape index (κ3) is 2.82. The molecular weight excluding hydrogens is 262 g/mol. The predicted molar refractivity (Wildman–Crippen MR) is 87.7 cm³/mol. The highest BCUT2D eigenvalue weighted by Crippen LogP contribution is 2.31. The van der Waals surface area contributed by atoms with Gasteiger partial charge in [0.05, 0.1) is 6.04 Å². The van der Waals surface area contributed by atoms with Crippen molar-refractivity contribution >= 4 is 11.3 Å². The van der Waals surface area contributed by atoms with Gasteiger partial charge in [-0.05, 0) is 68.0 Å². The highest BCUT2D eigenvalue weighted by molar-refractivity contribution is 7.12. The maximum Gasteiger partial charge on any atom is 0.0671 e. The molecule has 1 heterocycles. The summed E-state index contributed by atoms with van der Waals surface area (Å²) in [5, 5.41) is 3.65. The first-order valence-electron chi connectivity index (χ1n) is 7.69. The van der Waals surface area contributed by atoms with Crippen molar-refractivity contribution in [3.63, 3.8) is 0 Å². The highest BCUT2D eigenvalue weighted by atomic mass is 32.1. The Morgan fingerprint density at radius 2 is 1.90 bits per heavy atom. The molecule has 1 aliphatic rings. The molecule has 1 N–H and O–H groups in total. The Bertz CT molecular complexity index is 585. The molecule has 1 aromatic heterocycles. The highest BCUT2D eigenvalue weighted by Gasteiger charge is 2.17. The van der Waals surface area contributed by atoms with E-state index in [4.69, 9.17) is 0 Å². The summed E-state index contributed by atoms with van der Waals surface area (Å²) in [5.41, 5.74) is 4.57. The van der Waals surface area contributed by atoms with Crippen LogP contribution < -0.4 is 5.32 Å². The van der Waals surface area contributed by atoms with Gasteiger partial charge in [0.1, 0.15) is 0 Å². The largest absolute Gasteiger partial charge is 0.306 e. The molecule has 1 unspecified atom stereocenters. The molecule has 1 aliphatic carbocycles. The van der Waals surface area contributed by atoms with Crippen LogP contribution in [0.15, 0.2) is 30.3 Å². The lowest BCUT2D eigenvalue weighted by molar-refractivity contribution is 0.633. The number of hydrogen-bond acceptors (Lipinski definition) is 2. The Kier molecular flexibility index (Phi) is 4.23. The second-order valence-electron chi connectivity index (χ2n) is 5.67. The molecule has 106 valence electrons. The van der Waals surface area contributed by atoms with Crippen molar-refractivity contribution in [3.05, 3.63) is 56.8 Å². The molecule has 0 amide bonds. The lowest BCUT2D eigenvalue weighted by Crippen LogP contribution is -2.21. The molecule has 0 spiro atoms. The van der Waals surface area contributed by atoms with E-state index in [2.05, 4.69) is 49.5 Å². The molecule has 0 radical (unpaired) electrons. The van der Waals surface area contributed by atoms with Crippen molar-refractivity contribution in [1.29, 1.82) is 0 Å². The van der Waals surface area contributed by atoms with E-state index in [9.17, 15) is 0 Å². The van der Waals surface area contributed by atoms with Crippen molar-refractivity contribution in [1.82, 2.24) is 5.32 Å². The van der Waals surface area contributed by atoms with Crippen LogP contribution in [0, 0.1) is 6.92 Å². The van der Waals surface area contributed by atoms with Gasteiger partial charge in [0.15, 0.2) is 0 Å². The Morgan fingerprint density at radius 3 is 2.60 bits per heavy atom. The van der Waals surface area contributed by atoms with Crippen LogP contribution in [0.25, 0.3) is 0 Å². The summed E-state index contributed by atoms with van der Waals surface area (Å²) in [4.78, 5) is 2.82. The van der Waals surface area contributed by atoms with E-state index in [1.54, 1.807) is 11.1 Å². The predicted octanol–water partition coefficient (Wildman–Crippen LogP) is 4.63. The Labute approximate surface area is 126 Å². The van der Waals surface area contributed by atoms with Gasteiger partial charge < -0.3 is 5.32 Å². The van der Waals surface area contributed by atoms with E-state index < -0.39 is 0 Å². The van der Waals surface area contributed by atoms with Gasteiger partial charge in [0.2, 0.25) is 0 Å². The van der Waals surface area contributed by atoms with E-state index in [1.807, 2.05) is 11.3 Å². The molecule has 2 heteroatoms. The number of fused-ring (bicyclic) bond motifs is 1. The minimum atomic E-state index is 0.353. The fraction of sp³-hybridized carbons (Fsp3) is 0.444. The van der Waals surface area contributed by atoms with Crippen molar-refractivity contribution in [2.45, 2.75) is 45.6 Å². The zero-order valence-electron chi connectivity index (χ0n) is 12.4. The molecule has 1 aromatic carbocycles. The molecular formula is C18H23NS. The first-order valence-corrected chi connectivity index (χ1v) is 8.51. The van der Waals surface area contributed by atoms with Gasteiger partial charge in [-0.15, -0.1) is 11.3 Å². The van der Waals surface area contributed by atoms with Crippen LogP contribution in [0.2, 0.25) is 0 Å². The second kappa shape index (κ2) is 6.11. The number of rotatable bonds is 4. The van der Waals surface area contributed by atoms with Gasteiger partial charge in [0.25, 0.3) is 0 Å². The van der Waals surface area contributed by atoms with Gasteiger partial charge in [-0.2, -0.15) is 0 Å². The van der Waals surface area contributed by atoms with Gasteiger partial charge in [-0.25, -0.2) is 0 Å². The van der Waals surface area contributed by atoms with Crippen molar-refractivity contribution < 1.29 is 0 Å². The summed E-state index contributed by atoms with van der Waals surface area (Å²) in [7, 11) is 0. The van der Waals surface area contributed by atoms with Crippen LogP contribution in [-0.2, 0) is 12.8 Å². The van der Waals surface area contributed by atoms with Gasteiger partial charge in [0, 0.05) is 9.75 Å². The summed E-state index contributed by atoms with van der Waals surface area (Å²) in [6, 6.07) is 12.0. The first kappa shape index (κ1) is 13.8. The quantitative estimate of drug-likeness (QED) is 0.863. The molecule has 2 aromatic rings. The molecule has 0 bridgehead atoms. The summed E-state index contributed by atoms with van der Waals surface area (Å²) in [6.07, 6.45) is 5.22. The minimum Gasteiger partial charge on any atom is -0.306 e. The van der Waals surface area contributed by atoms with E-state index in [0.29, 0.717) is 6.04 Å². The van der Waals surface area contributed by atoms with Gasteiger partial charge in [-0.3, -0.25) is 0 Å². The molecule has 20 heavy (non-hydrogen) atoms. The Hall–Kier alpha value is -1.12. The Morgan fingerprint density at radius 1 is 1.10 bits per heavy atom. The number of nitrogens with one attached hydrogen (secondary N) is 1. The van der Waals surface area contributed by atoms with Crippen LogP contribution in [-0.4, -0.2) is 6.54 Å². The lowest BCUT2D eigenvalue weighted by Gasteiger charge is -2.21. The maximum absolute atomic E-state index is 3.65. The number of hydrogen-bond donors (Lipinski definition) is 1. The third-order valence-electron chi connectivity index (χ3n) is 4.16. The normalized spacial score (nSPS) is 15.9. The summed E-state index contributed by atoms with van der Waals surface area (Å²) in [6.45, 7) is 5.37. The SMILES string of the molecule is CCNC(c1ccc2c(c1)CCCC2)c1ccc(C)s1. The summed E-state index contributed by atoms with van der Waals surface area (Å²) < 4.78 is 0. The van der Waals surface area contributed by atoms with Crippen molar-refractivity contribution in [3.8, 4) is 0 Å². The number of aryl methyl sites for hydroxylation is 3. The maximum atomic E-state index is 3.65. The smallest absolute Gasteiger partial charge is 0.0671 e. The zero-order valence-corrected chi connectivity index (χ0v) is 13.2. The summed E-state index contributed by atoms with van der Waals surface area (Å²) in [5.74, 6) is 0. The third-order valence-corrected chi connectivity index (χ3v) is 5.23. The fourth-order valence-electron chi connectivity index (χ4n) is 3.13. The van der Waals surface area contributed by atoms with Crippen LogP contribution in [0.3, 0.4) is 0 Å². The Balaban J connectivity index is 1.95. The fourth-order valence-corrected chi connectivity index (χ4v) is 4.11. The van der Waals surface area contributed by atoms with Crippen LogP contribution in [0.4, 0.5) is 0 Å². The average molecular weight is 285 g/mol. The van der Waals surface area contributed by atoms with E-state index in [1.165, 1.54) is 41.0 Å². The topological polar surface area (TPSA) is 12.0 Å². The molecule has 1 atom stereocenters. The number of thiophene rings is 1. The molecule has 0 fully saturated rings. The van der Waals surface area contributed by atoms with E-state index >= 15 is 0 Å². The molecule has 0 saturated heterocycles. The molecule has 1 nitrogen and oxygen atoms in total. The van der Waals surface area contributed by atoms with Gasteiger partial charge >= 0.3 is 0 Å². The first-order chi connectivity index (χ1) is 9.78. The monoisotopic (exact) mass is 285 g/mol. The lowest BCUT2D eigenvalue weighted by atomic mass is 9.89. The summed E-state index contributed by atoms with van der Waals surface area (Å²) >= 11 is 1.91. The molecule has 3 rings (SSSR count). The van der Waals surface area contributed by atoms with Crippen LogP contribution in [0.1, 0.15) is 52.3 Å². The average Bonchev–Trinajstić information content (AvgIpc) is 2.90. The van der Waals surface area contributed by atoms with Crippen molar-refractivity contribution in [2.24, 2.45) is 0 Å². The van der Waals surface area contributed by atoms with E-state index in [0.717, 1.165) is 6.54 Å². The van der Waals surface area contributed by atoms with Crippen LogP contribution in [0.5, 0.6) is 0 Å². The molecule has 0 saturated carbocycles. The van der Waals surface area contributed by atoms with Crippen LogP contribution >= 0.6 is 11.3 Å². The minimum absolute atomic E-state index is 0.353. The van der Waals surface area contributed by atoms with Gasteiger partial charge in [-0.1, -0.05) is 25.1 Å². The second-order valence-corrected chi connectivity index (χ2v) is 6.99. The van der Waals surface area contributed by atoms with E-state index in [-0.39, 0.29) is 0 Å². The van der Waals surface area contributed by atoms with Crippen molar-refractivity contribution in [2.75, 3.05) is 6.54 Å². The number of benzene rings is 1.